The summed E-state index contributed by atoms with van der Waals surface area (Å²) in [4.78, 5) is 27.8. The number of thiophene rings is 1. The summed E-state index contributed by atoms with van der Waals surface area (Å²) < 4.78 is 19.1. The molecule has 0 aliphatic carbocycles. The second-order valence-electron chi connectivity index (χ2n) is 7.90. The lowest BCUT2D eigenvalue weighted by atomic mass is 9.96. The summed E-state index contributed by atoms with van der Waals surface area (Å²) in [5, 5.41) is 8.77. The quantitative estimate of drug-likeness (QED) is 0.585. The van der Waals surface area contributed by atoms with Crippen molar-refractivity contribution in [2.75, 3.05) is 6.54 Å². The molecule has 1 N–H and O–H groups in total. The van der Waals surface area contributed by atoms with Crippen molar-refractivity contribution in [2.45, 2.75) is 32.4 Å². The van der Waals surface area contributed by atoms with Crippen molar-refractivity contribution in [1.29, 1.82) is 0 Å². The van der Waals surface area contributed by atoms with Gasteiger partial charge >= 0.3 is 0 Å². The monoisotopic (exact) mass is 461 g/mol. The molecule has 1 aliphatic rings. The van der Waals surface area contributed by atoms with Gasteiger partial charge in [0.1, 0.15) is 11.9 Å². The zero-order valence-electron chi connectivity index (χ0n) is 17.0. The molecule has 31 heavy (non-hydrogen) atoms. The maximum atomic E-state index is 13.4. The third kappa shape index (κ3) is 4.50. The Labute approximate surface area is 188 Å². The van der Waals surface area contributed by atoms with Crippen LogP contribution in [0.3, 0.4) is 0 Å². The Morgan fingerprint density at radius 1 is 1.35 bits per heavy atom. The number of halogens is 2. The number of nitrogens with zero attached hydrogens (tertiary/aromatic N) is 2. The number of hydrogen-bond acceptors (Lipinski definition) is 5. The third-order valence-electron chi connectivity index (χ3n) is 5.21. The highest BCUT2D eigenvalue weighted by Crippen LogP contribution is 2.33. The molecule has 6 nitrogen and oxygen atoms in total. The van der Waals surface area contributed by atoms with Crippen molar-refractivity contribution in [2.24, 2.45) is 5.92 Å². The van der Waals surface area contributed by atoms with E-state index < -0.39 is 18.0 Å². The Balaban J connectivity index is 1.63. The molecule has 1 saturated heterocycles. The average molecular weight is 462 g/mol. The Bertz CT molecular complexity index is 1100. The van der Waals surface area contributed by atoms with Crippen molar-refractivity contribution in [3.8, 4) is 11.3 Å². The molecule has 3 heterocycles. The van der Waals surface area contributed by atoms with Crippen molar-refractivity contribution in [1.82, 2.24) is 15.4 Å². The molecule has 162 valence electrons. The van der Waals surface area contributed by atoms with Gasteiger partial charge in [-0.3, -0.25) is 9.59 Å². The summed E-state index contributed by atoms with van der Waals surface area (Å²) in [7, 11) is 0. The first-order valence-electron chi connectivity index (χ1n) is 9.90. The Morgan fingerprint density at radius 3 is 2.74 bits per heavy atom. The SMILES string of the molecule is CC(C)C[C@H]1C(=O)N[C@@H](c2ccsc2Cl)CN1C(=O)c1cc(-c2ccc(F)cc2)on1. The Morgan fingerprint density at radius 2 is 2.10 bits per heavy atom. The van der Waals surface area contributed by atoms with E-state index in [9.17, 15) is 14.0 Å². The second-order valence-corrected chi connectivity index (χ2v) is 9.42. The molecule has 2 atom stereocenters. The van der Waals surface area contributed by atoms with Gasteiger partial charge in [0, 0.05) is 23.7 Å². The lowest BCUT2D eigenvalue weighted by molar-refractivity contribution is -0.130. The van der Waals surface area contributed by atoms with Crippen LogP contribution < -0.4 is 5.32 Å². The first-order chi connectivity index (χ1) is 14.8. The third-order valence-corrected chi connectivity index (χ3v) is 6.41. The van der Waals surface area contributed by atoms with E-state index in [4.69, 9.17) is 16.1 Å². The summed E-state index contributed by atoms with van der Waals surface area (Å²) >= 11 is 7.65. The number of amides is 2. The van der Waals surface area contributed by atoms with E-state index in [1.807, 2.05) is 25.3 Å². The van der Waals surface area contributed by atoms with E-state index in [0.29, 0.717) is 22.1 Å². The van der Waals surface area contributed by atoms with Crippen molar-refractivity contribution < 1.29 is 18.5 Å². The molecule has 0 saturated carbocycles. The highest BCUT2D eigenvalue weighted by atomic mass is 35.5. The summed E-state index contributed by atoms with van der Waals surface area (Å²) in [5.41, 5.74) is 1.48. The van der Waals surface area contributed by atoms with Crippen LogP contribution in [0.1, 0.15) is 42.4 Å². The molecule has 1 aromatic carbocycles. The first kappa shape index (κ1) is 21.5. The van der Waals surface area contributed by atoms with Gasteiger partial charge in [-0.1, -0.05) is 30.6 Å². The number of aromatic nitrogens is 1. The average Bonchev–Trinajstić information content (AvgIpc) is 3.38. The highest BCUT2D eigenvalue weighted by molar-refractivity contribution is 7.14. The van der Waals surface area contributed by atoms with Crippen LogP contribution >= 0.6 is 22.9 Å². The van der Waals surface area contributed by atoms with Gasteiger partial charge in [-0.2, -0.15) is 0 Å². The number of nitrogens with one attached hydrogen (secondary N) is 1. The van der Waals surface area contributed by atoms with Crippen LogP contribution in [0.2, 0.25) is 4.34 Å². The fraction of sp³-hybridized carbons (Fsp3) is 0.318. The topological polar surface area (TPSA) is 75.4 Å². The van der Waals surface area contributed by atoms with E-state index in [-0.39, 0.29) is 29.9 Å². The Kier molecular flexibility index (Phi) is 6.11. The summed E-state index contributed by atoms with van der Waals surface area (Å²) in [6.45, 7) is 4.28. The molecule has 1 fully saturated rings. The lowest BCUT2D eigenvalue weighted by Crippen LogP contribution is -2.58. The molecule has 1 aliphatic heterocycles. The minimum Gasteiger partial charge on any atom is -0.355 e. The fourth-order valence-electron chi connectivity index (χ4n) is 3.69. The number of hydrogen-bond donors (Lipinski definition) is 1. The zero-order chi connectivity index (χ0) is 22.1. The molecular weight excluding hydrogens is 441 g/mol. The molecule has 2 amide bonds. The number of benzene rings is 1. The van der Waals surface area contributed by atoms with E-state index in [2.05, 4.69) is 10.5 Å². The molecule has 0 spiro atoms. The van der Waals surface area contributed by atoms with E-state index >= 15 is 0 Å². The predicted molar refractivity (Wildman–Crippen MR) is 116 cm³/mol. The maximum Gasteiger partial charge on any atom is 0.276 e. The van der Waals surface area contributed by atoms with Crippen molar-refractivity contribution >= 4 is 34.8 Å². The predicted octanol–water partition coefficient (Wildman–Crippen LogP) is 4.92. The maximum absolute atomic E-state index is 13.4. The van der Waals surface area contributed by atoms with Gasteiger partial charge in [0.25, 0.3) is 5.91 Å². The largest absolute Gasteiger partial charge is 0.355 e. The van der Waals surface area contributed by atoms with Gasteiger partial charge in [-0.15, -0.1) is 11.3 Å². The number of carbonyl (C=O) groups is 2. The Hall–Kier alpha value is -2.71. The molecule has 9 heteroatoms. The van der Waals surface area contributed by atoms with Crippen LogP contribution in [-0.2, 0) is 4.79 Å². The molecule has 0 bridgehead atoms. The standard InChI is InChI=1S/C22H21ClFN3O3S/c1-12(2)9-18-21(28)25-17(15-7-8-31-20(15)23)11-27(18)22(29)16-10-19(30-26-16)13-3-5-14(24)6-4-13/h3-8,10,12,17-18H,9,11H2,1-2H3,(H,25,28)/t17-,18+/m1/s1. The van der Waals surface area contributed by atoms with Gasteiger partial charge in [0.05, 0.1) is 10.4 Å². The summed E-state index contributed by atoms with van der Waals surface area (Å²) in [5.74, 6) is -0.424. The molecule has 0 radical (unpaired) electrons. The molecule has 2 aromatic heterocycles. The van der Waals surface area contributed by atoms with Crippen LogP contribution in [0.15, 0.2) is 46.3 Å². The number of carbonyl (C=O) groups excluding carboxylic acids is 2. The van der Waals surface area contributed by atoms with Crippen molar-refractivity contribution in [3.05, 3.63) is 63.2 Å². The normalized spacial score (nSPS) is 19.0. The van der Waals surface area contributed by atoms with E-state index in [0.717, 1.165) is 5.56 Å². The molecular formula is C22H21ClFN3O3S. The van der Waals surface area contributed by atoms with Gasteiger partial charge in [0.15, 0.2) is 11.5 Å². The van der Waals surface area contributed by atoms with Gasteiger partial charge < -0.3 is 14.7 Å². The van der Waals surface area contributed by atoms with Crippen LogP contribution in [0.4, 0.5) is 4.39 Å². The molecule has 0 unspecified atom stereocenters. The summed E-state index contributed by atoms with van der Waals surface area (Å²) in [6.07, 6.45) is 0.518. The van der Waals surface area contributed by atoms with E-state index in [1.165, 1.54) is 29.5 Å². The zero-order valence-corrected chi connectivity index (χ0v) is 18.5. The van der Waals surface area contributed by atoms with Gasteiger partial charge in [-0.05, 0) is 48.1 Å². The minimum atomic E-state index is -0.618. The second kappa shape index (κ2) is 8.80. The van der Waals surface area contributed by atoms with Gasteiger partial charge in [-0.25, -0.2) is 4.39 Å². The summed E-state index contributed by atoms with van der Waals surface area (Å²) in [6, 6.07) is 8.06. The number of piperazine rings is 1. The van der Waals surface area contributed by atoms with Crippen LogP contribution in [0, 0.1) is 11.7 Å². The lowest BCUT2D eigenvalue weighted by Gasteiger charge is -2.39. The smallest absolute Gasteiger partial charge is 0.276 e. The van der Waals surface area contributed by atoms with Crippen LogP contribution in [0.5, 0.6) is 0 Å². The van der Waals surface area contributed by atoms with Crippen molar-refractivity contribution in [3.63, 3.8) is 0 Å². The molecule has 3 aromatic rings. The first-order valence-corrected chi connectivity index (χ1v) is 11.2. The minimum absolute atomic E-state index is 0.0953. The van der Waals surface area contributed by atoms with Crippen LogP contribution in [-0.4, -0.2) is 34.5 Å². The highest BCUT2D eigenvalue weighted by Gasteiger charge is 2.40. The number of rotatable bonds is 5. The van der Waals surface area contributed by atoms with Gasteiger partial charge in [0.2, 0.25) is 5.91 Å². The molecule has 4 rings (SSSR count). The van der Waals surface area contributed by atoms with E-state index in [1.54, 1.807) is 17.0 Å². The fourth-order valence-corrected chi connectivity index (χ4v) is 4.72. The van der Waals surface area contributed by atoms with Crippen LogP contribution in [0.25, 0.3) is 11.3 Å².